The number of H-pyrrole nitrogens is 1. The van der Waals surface area contributed by atoms with Crippen molar-refractivity contribution in [2.75, 3.05) is 13.7 Å². The molecule has 30 heavy (non-hydrogen) atoms. The fourth-order valence-electron chi connectivity index (χ4n) is 4.60. The highest BCUT2D eigenvalue weighted by Crippen LogP contribution is 2.43. The molecule has 0 bridgehead atoms. The number of aromatic nitrogens is 2. The number of hydrogen-bond donors (Lipinski definition) is 1. The lowest BCUT2D eigenvalue weighted by molar-refractivity contribution is -0.145. The van der Waals surface area contributed by atoms with Crippen molar-refractivity contribution in [2.24, 2.45) is 5.92 Å². The second-order valence-electron chi connectivity index (χ2n) is 8.08. The maximum absolute atomic E-state index is 15.2. The van der Waals surface area contributed by atoms with Crippen LogP contribution in [0.1, 0.15) is 42.3 Å². The van der Waals surface area contributed by atoms with Gasteiger partial charge in [-0.15, -0.1) is 0 Å². The van der Waals surface area contributed by atoms with Crippen LogP contribution in [0.4, 0.5) is 4.39 Å². The van der Waals surface area contributed by atoms with E-state index in [9.17, 15) is 4.79 Å². The zero-order valence-electron chi connectivity index (χ0n) is 17.5. The highest BCUT2D eigenvalue weighted by atomic mass is 35.5. The first-order valence-electron chi connectivity index (χ1n) is 10.1. The van der Waals surface area contributed by atoms with Crippen LogP contribution in [-0.4, -0.2) is 40.5 Å². The molecule has 4 rings (SSSR count). The highest BCUT2D eigenvalue weighted by Gasteiger charge is 2.39. The molecule has 1 aromatic carbocycles. The molecule has 1 N–H and O–H groups in total. The third-order valence-electron chi connectivity index (χ3n) is 6.14. The standard InChI is InChI=1S/C23H25ClFN3O2/c1-12(23(29)30-4)11-28-13(2)9-16-15-7-5-6-8-18(15)27-20(16)21(28)19-14(3)22(24)26-10-17(19)25/h5-8,10,12-13,21,27H,9,11H2,1-4H3/t12?,13-,21-/m1/s1. The van der Waals surface area contributed by atoms with Crippen molar-refractivity contribution in [2.45, 2.75) is 39.3 Å². The molecular weight excluding hydrogens is 405 g/mol. The van der Waals surface area contributed by atoms with E-state index in [1.54, 1.807) is 6.92 Å². The Morgan fingerprint density at radius 2 is 2.17 bits per heavy atom. The van der Waals surface area contributed by atoms with Gasteiger partial charge in [-0.1, -0.05) is 36.7 Å². The largest absolute Gasteiger partial charge is 0.469 e. The van der Waals surface area contributed by atoms with E-state index in [2.05, 4.69) is 27.9 Å². The molecule has 158 valence electrons. The normalized spacial score (nSPS) is 20.2. The van der Waals surface area contributed by atoms with Gasteiger partial charge in [-0.05, 0) is 37.5 Å². The summed E-state index contributed by atoms with van der Waals surface area (Å²) in [5, 5.41) is 1.42. The van der Waals surface area contributed by atoms with Crippen molar-refractivity contribution in [1.29, 1.82) is 0 Å². The van der Waals surface area contributed by atoms with Gasteiger partial charge < -0.3 is 9.72 Å². The summed E-state index contributed by atoms with van der Waals surface area (Å²) in [5.74, 6) is -1.05. The summed E-state index contributed by atoms with van der Waals surface area (Å²) >= 11 is 6.29. The van der Waals surface area contributed by atoms with Crippen molar-refractivity contribution in [3.8, 4) is 0 Å². The Labute approximate surface area is 180 Å². The number of para-hydroxylation sites is 1. The first-order chi connectivity index (χ1) is 14.3. The molecule has 1 aliphatic rings. The Morgan fingerprint density at radius 1 is 1.43 bits per heavy atom. The third kappa shape index (κ3) is 3.38. The fourth-order valence-corrected chi connectivity index (χ4v) is 4.75. The average molecular weight is 430 g/mol. The molecule has 0 radical (unpaired) electrons. The molecule has 0 saturated carbocycles. The molecule has 2 aromatic heterocycles. The van der Waals surface area contributed by atoms with Crippen LogP contribution in [0.2, 0.25) is 5.15 Å². The molecule has 3 heterocycles. The van der Waals surface area contributed by atoms with Crippen LogP contribution < -0.4 is 0 Å². The zero-order valence-corrected chi connectivity index (χ0v) is 18.3. The summed E-state index contributed by atoms with van der Waals surface area (Å²) in [6.45, 7) is 6.17. The highest BCUT2D eigenvalue weighted by molar-refractivity contribution is 6.30. The van der Waals surface area contributed by atoms with E-state index in [4.69, 9.17) is 16.3 Å². The molecule has 0 fully saturated rings. The molecular formula is C23H25ClFN3O2. The molecule has 1 unspecified atom stereocenters. The lowest BCUT2D eigenvalue weighted by Gasteiger charge is -2.42. The van der Waals surface area contributed by atoms with E-state index < -0.39 is 11.9 Å². The van der Waals surface area contributed by atoms with E-state index >= 15 is 4.39 Å². The van der Waals surface area contributed by atoms with Crippen LogP contribution in [-0.2, 0) is 16.0 Å². The first kappa shape index (κ1) is 20.8. The Morgan fingerprint density at radius 3 is 2.90 bits per heavy atom. The van der Waals surface area contributed by atoms with Gasteiger partial charge in [-0.25, -0.2) is 9.37 Å². The number of pyridine rings is 1. The van der Waals surface area contributed by atoms with Gasteiger partial charge in [0.1, 0.15) is 11.0 Å². The summed E-state index contributed by atoms with van der Waals surface area (Å²) in [7, 11) is 1.39. The number of hydrogen-bond acceptors (Lipinski definition) is 4. The van der Waals surface area contributed by atoms with Gasteiger partial charge in [-0.3, -0.25) is 9.69 Å². The number of rotatable bonds is 4. The number of halogens is 2. The van der Waals surface area contributed by atoms with Gasteiger partial charge in [0.25, 0.3) is 0 Å². The van der Waals surface area contributed by atoms with Crippen molar-refractivity contribution in [3.05, 3.63) is 63.8 Å². The van der Waals surface area contributed by atoms with E-state index in [1.165, 1.54) is 18.9 Å². The number of nitrogens with one attached hydrogen (secondary N) is 1. The maximum atomic E-state index is 15.2. The van der Waals surface area contributed by atoms with E-state index in [-0.39, 0.29) is 23.1 Å². The van der Waals surface area contributed by atoms with Gasteiger partial charge in [0.05, 0.1) is 25.3 Å². The lowest BCUT2D eigenvalue weighted by atomic mass is 9.86. The predicted octanol–water partition coefficient (Wildman–Crippen LogP) is 4.81. The first-order valence-corrected chi connectivity index (χ1v) is 10.4. The van der Waals surface area contributed by atoms with Crippen LogP contribution in [0, 0.1) is 18.7 Å². The molecule has 3 aromatic rings. The van der Waals surface area contributed by atoms with Gasteiger partial charge in [0.15, 0.2) is 0 Å². The number of carbonyl (C=O) groups is 1. The van der Waals surface area contributed by atoms with E-state index in [0.29, 0.717) is 17.7 Å². The zero-order chi connectivity index (χ0) is 21.6. The van der Waals surface area contributed by atoms with Crippen molar-refractivity contribution >= 4 is 28.5 Å². The number of ether oxygens (including phenoxy) is 1. The minimum absolute atomic E-state index is 0.0829. The second-order valence-corrected chi connectivity index (χ2v) is 8.43. The molecule has 0 aliphatic carbocycles. The molecule has 0 spiro atoms. The number of aromatic amines is 1. The Balaban J connectivity index is 1.93. The molecule has 3 atom stereocenters. The summed E-state index contributed by atoms with van der Waals surface area (Å²) in [6, 6.07) is 7.78. The van der Waals surface area contributed by atoms with Crippen LogP contribution in [0.15, 0.2) is 30.5 Å². The maximum Gasteiger partial charge on any atom is 0.309 e. The number of methoxy groups -OCH3 is 1. The predicted molar refractivity (Wildman–Crippen MR) is 115 cm³/mol. The topological polar surface area (TPSA) is 58.2 Å². The summed E-state index contributed by atoms with van der Waals surface area (Å²) < 4.78 is 20.1. The van der Waals surface area contributed by atoms with Crippen LogP contribution in [0.3, 0.4) is 0 Å². The number of benzene rings is 1. The van der Waals surface area contributed by atoms with E-state index in [0.717, 1.165) is 23.0 Å². The van der Waals surface area contributed by atoms with Crippen molar-refractivity contribution in [1.82, 2.24) is 14.9 Å². The number of carbonyl (C=O) groups excluding carboxylic acids is 1. The lowest BCUT2D eigenvalue weighted by Crippen LogP contribution is -2.46. The van der Waals surface area contributed by atoms with Crippen molar-refractivity contribution < 1.29 is 13.9 Å². The second kappa shape index (κ2) is 8.00. The van der Waals surface area contributed by atoms with Gasteiger partial charge in [0, 0.05) is 34.7 Å². The van der Waals surface area contributed by atoms with Gasteiger partial charge >= 0.3 is 5.97 Å². The smallest absolute Gasteiger partial charge is 0.309 e. The molecule has 0 saturated heterocycles. The van der Waals surface area contributed by atoms with Crippen LogP contribution in [0.5, 0.6) is 0 Å². The number of esters is 1. The fraction of sp³-hybridized carbons (Fsp3) is 0.391. The quantitative estimate of drug-likeness (QED) is 0.477. The van der Waals surface area contributed by atoms with Crippen LogP contribution in [0.25, 0.3) is 10.9 Å². The third-order valence-corrected chi connectivity index (χ3v) is 6.52. The number of nitrogens with zero attached hydrogens (tertiary/aromatic N) is 2. The summed E-state index contributed by atoms with van der Waals surface area (Å²) in [4.78, 5) is 21.8. The monoisotopic (exact) mass is 429 g/mol. The minimum atomic E-state index is -0.413. The Kier molecular flexibility index (Phi) is 5.55. The molecule has 7 heteroatoms. The SMILES string of the molecule is COC(=O)C(C)CN1[C@H](c2c(F)cnc(Cl)c2C)c2[nH]c3ccccc3c2C[C@H]1C. The van der Waals surface area contributed by atoms with Crippen molar-refractivity contribution in [3.63, 3.8) is 0 Å². The minimum Gasteiger partial charge on any atom is -0.469 e. The summed E-state index contributed by atoms with van der Waals surface area (Å²) in [5.41, 5.74) is 4.23. The van der Waals surface area contributed by atoms with E-state index in [1.807, 2.05) is 25.1 Å². The molecule has 1 aliphatic heterocycles. The Bertz CT molecular complexity index is 1110. The van der Waals surface area contributed by atoms with Gasteiger partial charge in [-0.2, -0.15) is 0 Å². The number of fused-ring (bicyclic) bond motifs is 3. The molecule has 0 amide bonds. The van der Waals surface area contributed by atoms with Gasteiger partial charge in [0.2, 0.25) is 0 Å². The Hall–Kier alpha value is -2.44. The van der Waals surface area contributed by atoms with Crippen LogP contribution >= 0.6 is 11.6 Å². The molecule has 5 nitrogen and oxygen atoms in total. The average Bonchev–Trinajstić information content (AvgIpc) is 3.10. The summed E-state index contributed by atoms with van der Waals surface area (Å²) in [6.07, 6.45) is 1.97.